The van der Waals surface area contributed by atoms with Crippen molar-refractivity contribution in [3.63, 3.8) is 0 Å². The van der Waals surface area contributed by atoms with E-state index in [4.69, 9.17) is 10.5 Å². The highest BCUT2D eigenvalue weighted by Gasteiger charge is 2.19. The zero-order chi connectivity index (χ0) is 13.2. The number of aromatic nitrogens is 1. The molecule has 6 heteroatoms. The van der Waals surface area contributed by atoms with Crippen LogP contribution in [0.4, 0.5) is 0 Å². The molecule has 1 unspecified atom stereocenters. The van der Waals surface area contributed by atoms with Crippen molar-refractivity contribution in [1.82, 2.24) is 9.88 Å². The van der Waals surface area contributed by atoms with Gasteiger partial charge in [0.1, 0.15) is 0 Å². The molecular formula is C14H20ClN3OS. The van der Waals surface area contributed by atoms with E-state index in [1.165, 1.54) is 10.3 Å². The number of benzene rings is 1. The number of thiazole rings is 1. The van der Waals surface area contributed by atoms with Crippen LogP contribution in [0.1, 0.15) is 10.6 Å². The van der Waals surface area contributed by atoms with Gasteiger partial charge in [-0.05, 0) is 24.6 Å². The van der Waals surface area contributed by atoms with Crippen molar-refractivity contribution in [2.24, 2.45) is 5.73 Å². The molecule has 1 aliphatic heterocycles. The molecule has 0 bridgehead atoms. The fourth-order valence-corrected chi connectivity index (χ4v) is 3.40. The van der Waals surface area contributed by atoms with Gasteiger partial charge in [-0.1, -0.05) is 6.07 Å². The number of aryl methyl sites for hydroxylation is 1. The van der Waals surface area contributed by atoms with E-state index >= 15 is 0 Å². The first-order valence-corrected chi connectivity index (χ1v) is 7.46. The molecule has 4 nitrogen and oxygen atoms in total. The molecule has 1 aromatic carbocycles. The number of morpholine rings is 1. The number of halogens is 1. The van der Waals surface area contributed by atoms with Gasteiger partial charge in [-0.3, -0.25) is 4.90 Å². The van der Waals surface area contributed by atoms with Gasteiger partial charge in [-0.2, -0.15) is 0 Å². The van der Waals surface area contributed by atoms with Crippen molar-refractivity contribution in [3.05, 3.63) is 28.8 Å². The van der Waals surface area contributed by atoms with E-state index in [0.717, 1.165) is 36.8 Å². The third kappa shape index (κ3) is 3.48. The lowest BCUT2D eigenvalue weighted by atomic mass is 10.2. The summed E-state index contributed by atoms with van der Waals surface area (Å²) >= 11 is 1.76. The van der Waals surface area contributed by atoms with Crippen molar-refractivity contribution in [2.45, 2.75) is 19.6 Å². The molecule has 1 saturated heterocycles. The van der Waals surface area contributed by atoms with Gasteiger partial charge in [-0.15, -0.1) is 23.7 Å². The molecule has 0 amide bonds. The second-order valence-corrected chi connectivity index (χ2v) is 6.23. The normalized spacial score (nSPS) is 20.0. The Morgan fingerprint density at radius 2 is 2.35 bits per heavy atom. The van der Waals surface area contributed by atoms with Crippen LogP contribution in [0.15, 0.2) is 18.2 Å². The zero-order valence-electron chi connectivity index (χ0n) is 11.5. The maximum Gasteiger partial charge on any atom is 0.0907 e. The molecule has 3 rings (SSSR count). The van der Waals surface area contributed by atoms with Gasteiger partial charge in [0, 0.05) is 26.2 Å². The first-order chi connectivity index (χ1) is 9.24. The van der Waals surface area contributed by atoms with E-state index in [1.54, 1.807) is 11.3 Å². The number of ether oxygens (including phenoxy) is 1. The molecule has 0 aliphatic carbocycles. The summed E-state index contributed by atoms with van der Waals surface area (Å²) in [5, 5.41) is 1.13. The number of nitrogens with zero attached hydrogens (tertiary/aromatic N) is 2. The molecule has 20 heavy (non-hydrogen) atoms. The Bertz CT molecular complexity index is 575. The van der Waals surface area contributed by atoms with Gasteiger partial charge >= 0.3 is 0 Å². The summed E-state index contributed by atoms with van der Waals surface area (Å²) in [7, 11) is 0. The van der Waals surface area contributed by atoms with Crippen molar-refractivity contribution in [2.75, 3.05) is 26.2 Å². The largest absolute Gasteiger partial charge is 0.374 e. The molecule has 110 valence electrons. The van der Waals surface area contributed by atoms with Crippen LogP contribution < -0.4 is 5.73 Å². The average molecular weight is 314 g/mol. The summed E-state index contributed by atoms with van der Waals surface area (Å²) < 4.78 is 6.87. The van der Waals surface area contributed by atoms with Gasteiger partial charge in [0.15, 0.2) is 0 Å². The standard InChI is InChI=1S/C14H19N3OS.ClH/c1-10-16-13-3-2-11(6-14(13)19-10)8-17-4-5-18-12(7-15)9-17;/h2-3,6,12H,4-5,7-9,15H2,1H3;1H. The van der Waals surface area contributed by atoms with Gasteiger partial charge in [-0.25, -0.2) is 4.98 Å². The van der Waals surface area contributed by atoms with Crippen LogP contribution in [0.2, 0.25) is 0 Å². The maximum absolute atomic E-state index is 5.68. The van der Waals surface area contributed by atoms with Crippen molar-refractivity contribution < 1.29 is 4.74 Å². The van der Waals surface area contributed by atoms with Gasteiger partial charge in [0.05, 0.1) is 27.9 Å². The van der Waals surface area contributed by atoms with Gasteiger partial charge in [0.25, 0.3) is 0 Å². The molecule has 1 aliphatic rings. The van der Waals surface area contributed by atoms with E-state index in [9.17, 15) is 0 Å². The Morgan fingerprint density at radius 3 is 3.15 bits per heavy atom. The van der Waals surface area contributed by atoms with Crippen molar-refractivity contribution in [3.8, 4) is 0 Å². The number of hydrogen-bond acceptors (Lipinski definition) is 5. The first-order valence-electron chi connectivity index (χ1n) is 6.64. The number of fused-ring (bicyclic) bond motifs is 1. The number of nitrogens with two attached hydrogens (primary N) is 1. The van der Waals surface area contributed by atoms with Crippen LogP contribution in [0.3, 0.4) is 0 Å². The van der Waals surface area contributed by atoms with Crippen LogP contribution >= 0.6 is 23.7 Å². The SMILES string of the molecule is Cc1nc2ccc(CN3CCOC(CN)C3)cc2s1.Cl. The highest BCUT2D eigenvalue weighted by Crippen LogP contribution is 2.23. The molecular weight excluding hydrogens is 294 g/mol. The summed E-state index contributed by atoms with van der Waals surface area (Å²) in [5.41, 5.74) is 8.12. The minimum atomic E-state index is 0. The number of hydrogen-bond donors (Lipinski definition) is 1. The van der Waals surface area contributed by atoms with Crippen molar-refractivity contribution >= 4 is 34.0 Å². The minimum Gasteiger partial charge on any atom is -0.374 e. The maximum atomic E-state index is 5.68. The summed E-state index contributed by atoms with van der Waals surface area (Å²) in [5.74, 6) is 0. The quantitative estimate of drug-likeness (QED) is 0.943. The van der Waals surface area contributed by atoms with Crippen LogP contribution in [-0.4, -0.2) is 42.2 Å². The highest BCUT2D eigenvalue weighted by molar-refractivity contribution is 7.18. The highest BCUT2D eigenvalue weighted by atomic mass is 35.5. The Kier molecular flexibility index (Phi) is 5.35. The van der Waals surface area contributed by atoms with Crippen LogP contribution in [0, 0.1) is 6.92 Å². The fourth-order valence-electron chi connectivity index (χ4n) is 2.51. The van der Waals surface area contributed by atoms with E-state index in [-0.39, 0.29) is 18.5 Å². The molecule has 0 saturated carbocycles. The van der Waals surface area contributed by atoms with E-state index in [1.807, 2.05) is 0 Å². The Balaban J connectivity index is 0.00000147. The lowest BCUT2D eigenvalue weighted by Crippen LogP contribution is -2.45. The average Bonchev–Trinajstić information content (AvgIpc) is 2.78. The third-order valence-corrected chi connectivity index (χ3v) is 4.39. The van der Waals surface area contributed by atoms with Crippen LogP contribution in [-0.2, 0) is 11.3 Å². The smallest absolute Gasteiger partial charge is 0.0907 e. The Labute approximate surface area is 129 Å². The van der Waals surface area contributed by atoms with Gasteiger partial charge < -0.3 is 10.5 Å². The van der Waals surface area contributed by atoms with E-state index in [0.29, 0.717) is 6.54 Å². The summed E-state index contributed by atoms with van der Waals surface area (Å²) in [6.07, 6.45) is 0.183. The van der Waals surface area contributed by atoms with E-state index < -0.39 is 0 Å². The second kappa shape index (κ2) is 6.83. The molecule has 0 spiro atoms. The molecule has 2 N–H and O–H groups in total. The minimum absolute atomic E-state index is 0. The molecule has 1 fully saturated rings. The predicted octanol–water partition coefficient (Wildman–Crippen LogP) is 2.19. The second-order valence-electron chi connectivity index (χ2n) is 5.00. The summed E-state index contributed by atoms with van der Waals surface area (Å²) in [6, 6.07) is 6.55. The Morgan fingerprint density at radius 1 is 1.50 bits per heavy atom. The molecule has 1 aromatic heterocycles. The van der Waals surface area contributed by atoms with Gasteiger partial charge in [0.2, 0.25) is 0 Å². The topological polar surface area (TPSA) is 51.4 Å². The number of rotatable bonds is 3. The van der Waals surface area contributed by atoms with Crippen molar-refractivity contribution in [1.29, 1.82) is 0 Å². The molecule has 2 heterocycles. The lowest BCUT2D eigenvalue weighted by Gasteiger charge is -2.32. The molecule has 1 atom stereocenters. The van der Waals surface area contributed by atoms with E-state index in [2.05, 4.69) is 35.0 Å². The summed E-state index contributed by atoms with van der Waals surface area (Å²) in [6.45, 7) is 6.31. The molecule has 2 aromatic rings. The monoisotopic (exact) mass is 313 g/mol. The van der Waals surface area contributed by atoms with Crippen LogP contribution in [0.5, 0.6) is 0 Å². The fraction of sp³-hybridized carbons (Fsp3) is 0.500. The Hall–Kier alpha value is -0.720. The lowest BCUT2D eigenvalue weighted by molar-refractivity contribution is -0.0260. The first kappa shape index (κ1) is 15.7. The third-order valence-electron chi connectivity index (χ3n) is 3.45. The predicted molar refractivity (Wildman–Crippen MR) is 85.7 cm³/mol. The molecule has 0 radical (unpaired) electrons. The summed E-state index contributed by atoms with van der Waals surface area (Å²) in [4.78, 5) is 6.91. The van der Waals surface area contributed by atoms with Crippen LogP contribution in [0.25, 0.3) is 10.2 Å². The zero-order valence-corrected chi connectivity index (χ0v) is 13.2.